The van der Waals surface area contributed by atoms with Gasteiger partial charge in [-0.2, -0.15) is 0 Å². The maximum Gasteiger partial charge on any atom is 0.312 e. The quantitative estimate of drug-likeness (QED) is 0.200. The van der Waals surface area contributed by atoms with Gasteiger partial charge in [0.05, 0.1) is 5.92 Å². The second-order valence-electron chi connectivity index (χ2n) is 9.36. The van der Waals surface area contributed by atoms with E-state index in [1.54, 1.807) is 18.3 Å². The zero-order valence-electron chi connectivity index (χ0n) is 21.9. The van der Waals surface area contributed by atoms with Crippen molar-refractivity contribution in [2.45, 2.75) is 31.5 Å². The van der Waals surface area contributed by atoms with Gasteiger partial charge < -0.3 is 27.4 Å². The van der Waals surface area contributed by atoms with Crippen LogP contribution in [0.25, 0.3) is 0 Å². The Kier molecular flexibility index (Phi) is 9.44. The number of carbonyl (C=O) groups is 3. The number of primary amides is 1. The lowest BCUT2D eigenvalue weighted by atomic mass is 9.90. The first-order valence-electron chi connectivity index (χ1n) is 12.9. The number of aromatic nitrogens is 1. The van der Waals surface area contributed by atoms with E-state index in [1.807, 2.05) is 84.9 Å². The van der Waals surface area contributed by atoms with Gasteiger partial charge >= 0.3 is 6.03 Å². The molecule has 9 nitrogen and oxygen atoms in total. The van der Waals surface area contributed by atoms with Crippen molar-refractivity contribution in [2.24, 2.45) is 5.73 Å². The van der Waals surface area contributed by atoms with Crippen LogP contribution in [-0.2, 0) is 29.1 Å². The minimum absolute atomic E-state index is 0.234. The number of nitrogens with two attached hydrogens (primary N) is 2. The summed E-state index contributed by atoms with van der Waals surface area (Å²) in [4.78, 5) is 42.2. The maximum atomic E-state index is 13.8. The van der Waals surface area contributed by atoms with Crippen LogP contribution in [0.2, 0.25) is 0 Å². The zero-order chi connectivity index (χ0) is 28.3. The van der Waals surface area contributed by atoms with Gasteiger partial charge in [-0.1, -0.05) is 84.9 Å². The number of carbonyl (C=O) groups excluding carboxylic acids is 3. The molecule has 7 N–H and O–H groups in total. The summed E-state index contributed by atoms with van der Waals surface area (Å²) in [7, 11) is 0. The number of benzene rings is 3. The summed E-state index contributed by atoms with van der Waals surface area (Å²) in [6, 6.07) is 28.4. The lowest BCUT2D eigenvalue weighted by molar-refractivity contribution is -0.129. The number of nitrogens with one attached hydrogen (secondary N) is 3. The summed E-state index contributed by atoms with van der Waals surface area (Å²) in [5.41, 5.74) is 15.2. The smallest absolute Gasteiger partial charge is 0.312 e. The summed E-state index contributed by atoms with van der Waals surface area (Å²) in [6.45, 7) is 0.573. The molecule has 3 aromatic carbocycles. The summed E-state index contributed by atoms with van der Waals surface area (Å²) >= 11 is 0. The van der Waals surface area contributed by atoms with Crippen molar-refractivity contribution in [3.8, 4) is 0 Å². The van der Waals surface area contributed by atoms with Crippen LogP contribution in [0.3, 0.4) is 0 Å². The van der Waals surface area contributed by atoms with Crippen molar-refractivity contribution >= 4 is 23.7 Å². The molecule has 0 aliphatic heterocycles. The molecule has 0 fully saturated rings. The lowest BCUT2D eigenvalue weighted by Crippen LogP contribution is -2.49. The standard InChI is InChI=1S/C31H32N6O3/c32-27-18-23(15-16-34-27)17-26(29(38)35-19-21-11-13-22(14-12-21)20-36-31(33)40)37-30(39)28(24-7-3-1-4-8-24)25-9-5-2-6-10-25/h1-16,18,26,28H,17,19-20H2,(H2,32,34)(H,35,38)(H,37,39)(H3,33,36,40). The fourth-order valence-electron chi connectivity index (χ4n) is 4.38. The highest BCUT2D eigenvalue weighted by atomic mass is 16.2. The molecule has 0 spiro atoms. The molecule has 1 unspecified atom stereocenters. The fourth-order valence-corrected chi connectivity index (χ4v) is 4.38. The molecule has 0 aliphatic carbocycles. The van der Waals surface area contributed by atoms with Gasteiger partial charge in [-0.05, 0) is 39.9 Å². The van der Waals surface area contributed by atoms with Gasteiger partial charge in [-0.3, -0.25) is 9.59 Å². The molecule has 9 heteroatoms. The first-order valence-corrected chi connectivity index (χ1v) is 12.9. The number of rotatable bonds is 11. The number of anilines is 1. The molecule has 0 saturated heterocycles. The van der Waals surface area contributed by atoms with Crippen molar-refractivity contribution < 1.29 is 14.4 Å². The van der Waals surface area contributed by atoms with Crippen LogP contribution >= 0.6 is 0 Å². The minimum atomic E-state index is -0.858. The third kappa shape index (κ3) is 7.91. The summed E-state index contributed by atoms with van der Waals surface area (Å²) in [5.74, 6) is -0.879. The van der Waals surface area contributed by atoms with E-state index in [0.717, 1.165) is 27.8 Å². The van der Waals surface area contributed by atoms with Crippen molar-refractivity contribution in [1.29, 1.82) is 0 Å². The van der Waals surface area contributed by atoms with E-state index < -0.39 is 18.0 Å². The average molecular weight is 537 g/mol. The van der Waals surface area contributed by atoms with E-state index in [1.165, 1.54) is 0 Å². The number of nitrogen functional groups attached to an aromatic ring is 1. The molecule has 204 valence electrons. The van der Waals surface area contributed by atoms with Crippen LogP contribution in [-0.4, -0.2) is 28.9 Å². The minimum Gasteiger partial charge on any atom is -0.384 e. The van der Waals surface area contributed by atoms with Crippen LogP contribution in [0.1, 0.15) is 33.7 Å². The van der Waals surface area contributed by atoms with Gasteiger partial charge in [0.15, 0.2) is 0 Å². The number of amides is 4. The molecule has 0 bridgehead atoms. The highest BCUT2D eigenvalue weighted by Crippen LogP contribution is 2.25. The Morgan fingerprint density at radius 2 is 1.25 bits per heavy atom. The predicted molar refractivity (Wildman–Crippen MR) is 154 cm³/mol. The zero-order valence-corrected chi connectivity index (χ0v) is 21.9. The molecule has 0 aliphatic rings. The van der Waals surface area contributed by atoms with Gasteiger partial charge in [0, 0.05) is 25.7 Å². The van der Waals surface area contributed by atoms with Crippen molar-refractivity contribution in [3.05, 3.63) is 131 Å². The van der Waals surface area contributed by atoms with E-state index in [-0.39, 0.29) is 24.8 Å². The molecule has 0 radical (unpaired) electrons. The van der Waals surface area contributed by atoms with Crippen LogP contribution in [0.4, 0.5) is 10.6 Å². The molecule has 1 heterocycles. The topological polar surface area (TPSA) is 152 Å². The molecule has 1 atom stereocenters. The van der Waals surface area contributed by atoms with Crippen molar-refractivity contribution in [2.75, 3.05) is 5.73 Å². The number of pyridine rings is 1. The van der Waals surface area contributed by atoms with E-state index in [4.69, 9.17) is 11.5 Å². The molecule has 4 rings (SSSR count). The largest absolute Gasteiger partial charge is 0.384 e. The second-order valence-corrected chi connectivity index (χ2v) is 9.36. The summed E-state index contributed by atoms with van der Waals surface area (Å²) in [5, 5.41) is 8.47. The van der Waals surface area contributed by atoms with Gasteiger partial charge in [0.25, 0.3) is 0 Å². The normalized spacial score (nSPS) is 11.4. The lowest BCUT2D eigenvalue weighted by Gasteiger charge is -2.23. The first-order chi connectivity index (χ1) is 19.4. The number of hydrogen-bond donors (Lipinski definition) is 5. The van der Waals surface area contributed by atoms with Crippen LogP contribution in [0, 0.1) is 0 Å². The Hall–Kier alpha value is -5.18. The van der Waals surface area contributed by atoms with E-state index in [9.17, 15) is 14.4 Å². The highest BCUT2D eigenvalue weighted by Gasteiger charge is 2.28. The van der Waals surface area contributed by atoms with E-state index in [0.29, 0.717) is 12.4 Å². The Balaban J connectivity index is 1.52. The molecule has 1 aromatic heterocycles. The molecule has 40 heavy (non-hydrogen) atoms. The molecule has 4 amide bonds. The second kappa shape index (κ2) is 13.6. The Morgan fingerprint density at radius 1 is 0.700 bits per heavy atom. The van der Waals surface area contributed by atoms with Gasteiger partial charge in [-0.15, -0.1) is 0 Å². The third-order valence-corrected chi connectivity index (χ3v) is 6.40. The van der Waals surface area contributed by atoms with E-state index >= 15 is 0 Å². The summed E-state index contributed by atoms with van der Waals surface area (Å²) < 4.78 is 0. The van der Waals surface area contributed by atoms with Crippen LogP contribution in [0.5, 0.6) is 0 Å². The SMILES string of the molecule is NC(=O)NCc1ccc(CNC(=O)C(Cc2ccnc(N)c2)NC(=O)C(c2ccccc2)c2ccccc2)cc1. The Labute approximate surface area is 233 Å². The van der Waals surface area contributed by atoms with Crippen LogP contribution < -0.4 is 27.4 Å². The monoisotopic (exact) mass is 536 g/mol. The maximum absolute atomic E-state index is 13.8. The predicted octanol–water partition coefficient (Wildman–Crippen LogP) is 3.01. The number of nitrogens with zero attached hydrogens (tertiary/aromatic N) is 1. The van der Waals surface area contributed by atoms with Gasteiger partial charge in [-0.25, -0.2) is 9.78 Å². The van der Waals surface area contributed by atoms with E-state index in [2.05, 4.69) is 20.9 Å². The highest BCUT2D eigenvalue weighted by molar-refractivity contribution is 5.92. The third-order valence-electron chi connectivity index (χ3n) is 6.40. The van der Waals surface area contributed by atoms with Gasteiger partial charge in [0.2, 0.25) is 11.8 Å². The Bertz CT molecular complexity index is 1390. The van der Waals surface area contributed by atoms with Crippen LogP contribution in [0.15, 0.2) is 103 Å². The Morgan fingerprint density at radius 3 is 1.77 bits per heavy atom. The van der Waals surface area contributed by atoms with Crippen molar-refractivity contribution in [3.63, 3.8) is 0 Å². The van der Waals surface area contributed by atoms with Gasteiger partial charge in [0.1, 0.15) is 11.9 Å². The molecular weight excluding hydrogens is 504 g/mol. The number of urea groups is 1. The molecular formula is C31H32N6O3. The molecule has 4 aromatic rings. The first kappa shape index (κ1) is 27.8. The number of hydrogen-bond acceptors (Lipinski definition) is 5. The molecule has 0 saturated carbocycles. The van der Waals surface area contributed by atoms with Crippen molar-refractivity contribution in [1.82, 2.24) is 20.9 Å². The fraction of sp³-hybridized carbons (Fsp3) is 0.161. The average Bonchev–Trinajstić information content (AvgIpc) is 2.96. The summed E-state index contributed by atoms with van der Waals surface area (Å²) in [6.07, 6.45) is 1.81.